The molecule has 3 nitrogen and oxygen atoms in total. The summed E-state index contributed by atoms with van der Waals surface area (Å²) in [7, 11) is -1.31. The Kier molecular flexibility index (Phi) is 3.89. The third-order valence-electron chi connectivity index (χ3n) is 1.38. The van der Waals surface area contributed by atoms with Gasteiger partial charge in [0.15, 0.2) is 0 Å². The van der Waals surface area contributed by atoms with Crippen LogP contribution in [0.5, 0.6) is 0 Å². The minimum absolute atomic E-state index is 0.198. The van der Waals surface area contributed by atoms with E-state index >= 15 is 0 Å². The van der Waals surface area contributed by atoms with Crippen LogP contribution in [-0.2, 0) is 10.0 Å². The van der Waals surface area contributed by atoms with E-state index in [9.17, 15) is 8.42 Å². The fraction of sp³-hybridized carbons (Fsp3) is 1.00. The summed E-state index contributed by atoms with van der Waals surface area (Å²) in [5.74, 6) is 0.198. The normalized spacial score (nSPS) is 12.4. The second-order valence-electron chi connectivity index (χ2n) is 2.22. The van der Waals surface area contributed by atoms with Gasteiger partial charge in [-0.05, 0) is 13.3 Å². The number of rotatable bonds is 4. The second-order valence-corrected chi connectivity index (χ2v) is 4.59. The van der Waals surface area contributed by atoms with E-state index in [1.807, 2.05) is 6.92 Å². The molecule has 0 bridgehead atoms. The Bertz CT molecular complexity index is 174. The number of nitrogens with zero attached hydrogens (tertiary/aromatic N) is 1. The third kappa shape index (κ3) is 2.66. The van der Waals surface area contributed by atoms with E-state index in [1.165, 1.54) is 4.31 Å². The summed E-state index contributed by atoms with van der Waals surface area (Å²) in [6.07, 6.45) is 0.871. The molecule has 0 spiro atoms. The maximum absolute atomic E-state index is 11.0. The van der Waals surface area contributed by atoms with Crippen LogP contribution in [0.3, 0.4) is 0 Å². The Morgan fingerprint density at radius 2 is 1.80 bits per heavy atom. The van der Waals surface area contributed by atoms with Gasteiger partial charge in [-0.2, -0.15) is 0 Å². The third-order valence-corrected chi connectivity index (χ3v) is 3.24. The smallest absolute Gasteiger partial charge is 0.212 e. The molecule has 0 aromatic heterocycles. The van der Waals surface area contributed by atoms with Crippen molar-refractivity contribution in [1.29, 1.82) is 0 Å². The average Bonchev–Trinajstić information content (AvgIpc) is 1.89. The zero-order valence-electron chi connectivity index (χ0n) is 6.79. The van der Waals surface area contributed by atoms with Crippen molar-refractivity contribution >= 4 is 10.0 Å². The highest BCUT2D eigenvalue weighted by Crippen LogP contribution is 1.97. The van der Waals surface area contributed by atoms with Crippen LogP contribution in [0, 0.1) is 0 Å². The monoisotopic (exact) mass is 165 g/mol. The van der Waals surface area contributed by atoms with Crippen molar-refractivity contribution in [3.63, 3.8) is 0 Å². The highest BCUT2D eigenvalue weighted by molar-refractivity contribution is 7.89. The lowest BCUT2D eigenvalue weighted by Gasteiger charge is -2.13. The highest BCUT2D eigenvalue weighted by atomic mass is 32.2. The van der Waals surface area contributed by atoms with Crippen LogP contribution < -0.4 is 0 Å². The molecular formula is C6H15NO2S. The average molecular weight is 165 g/mol. The van der Waals surface area contributed by atoms with Crippen molar-refractivity contribution < 1.29 is 8.42 Å². The molecule has 0 aromatic carbocycles. The fourth-order valence-corrected chi connectivity index (χ4v) is 1.58. The van der Waals surface area contributed by atoms with Gasteiger partial charge in [0.2, 0.25) is 10.0 Å². The van der Waals surface area contributed by atoms with Gasteiger partial charge in [-0.1, -0.05) is 6.92 Å². The number of sulfonamides is 1. The molecule has 0 aliphatic heterocycles. The molecule has 0 aliphatic carbocycles. The van der Waals surface area contributed by atoms with E-state index in [1.54, 1.807) is 14.0 Å². The van der Waals surface area contributed by atoms with E-state index < -0.39 is 10.0 Å². The first-order valence-electron chi connectivity index (χ1n) is 3.48. The lowest BCUT2D eigenvalue weighted by atomic mass is 10.5. The van der Waals surface area contributed by atoms with Crippen molar-refractivity contribution in [2.75, 3.05) is 19.3 Å². The molecule has 0 N–H and O–H groups in total. The topological polar surface area (TPSA) is 37.4 Å². The predicted octanol–water partition coefficient (Wildman–Crippen LogP) is 0.678. The maximum Gasteiger partial charge on any atom is 0.213 e. The molecule has 0 amide bonds. The minimum Gasteiger partial charge on any atom is -0.212 e. The predicted molar refractivity (Wildman–Crippen MR) is 42.4 cm³/mol. The van der Waals surface area contributed by atoms with Crippen molar-refractivity contribution in [3.05, 3.63) is 0 Å². The Morgan fingerprint density at radius 3 is 2.10 bits per heavy atom. The molecule has 0 heterocycles. The van der Waals surface area contributed by atoms with E-state index in [0.29, 0.717) is 6.54 Å². The summed E-state index contributed by atoms with van der Waals surface area (Å²) in [6.45, 7) is 4.24. The van der Waals surface area contributed by atoms with Crippen molar-refractivity contribution in [1.82, 2.24) is 4.31 Å². The summed E-state index contributed by atoms with van der Waals surface area (Å²) in [5.41, 5.74) is 0. The van der Waals surface area contributed by atoms with Gasteiger partial charge < -0.3 is 0 Å². The van der Waals surface area contributed by atoms with Crippen LogP contribution in [0.15, 0.2) is 0 Å². The molecule has 10 heavy (non-hydrogen) atoms. The second kappa shape index (κ2) is 3.93. The SMILES string of the molecule is CCCN(C)S(=O)(=O)CC. The van der Waals surface area contributed by atoms with Gasteiger partial charge in [0.1, 0.15) is 0 Å². The zero-order valence-corrected chi connectivity index (χ0v) is 7.61. The first-order chi connectivity index (χ1) is 4.54. The molecule has 62 valence electrons. The first kappa shape index (κ1) is 9.91. The standard InChI is InChI=1S/C6H15NO2S/c1-4-6-7(3)10(8,9)5-2/h4-6H2,1-3H3. The Morgan fingerprint density at radius 1 is 1.30 bits per heavy atom. The van der Waals surface area contributed by atoms with Crippen LogP contribution in [0.2, 0.25) is 0 Å². The minimum atomic E-state index is -2.93. The van der Waals surface area contributed by atoms with E-state index in [4.69, 9.17) is 0 Å². The quantitative estimate of drug-likeness (QED) is 0.614. The van der Waals surface area contributed by atoms with Crippen LogP contribution in [0.25, 0.3) is 0 Å². The Balaban J connectivity index is 4.06. The molecule has 0 saturated carbocycles. The summed E-state index contributed by atoms with van der Waals surface area (Å²) in [4.78, 5) is 0. The van der Waals surface area contributed by atoms with Crippen LogP contribution in [-0.4, -0.2) is 32.1 Å². The summed E-state index contributed by atoms with van der Waals surface area (Å²) in [6, 6.07) is 0. The summed E-state index contributed by atoms with van der Waals surface area (Å²) in [5, 5.41) is 0. The molecule has 0 fully saturated rings. The zero-order chi connectivity index (χ0) is 8.20. The van der Waals surface area contributed by atoms with Crippen molar-refractivity contribution in [2.24, 2.45) is 0 Å². The molecular weight excluding hydrogens is 150 g/mol. The van der Waals surface area contributed by atoms with E-state index in [2.05, 4.69) is 0 Å². The van der Waals surface area contributed by atoms with Gasteiger partial charge in [-0.15, -0.1) is 0 Å². The van der Waals surface area contributed by atoms with Crippen molar-refractivity contribution in [2.45, 2.75) is 20.3 Å². The summed E-state index contributed by atoms with van der Waals surface area (Å²) >= 11 is 0. The van der Waals surface area contributed by atoms with Gasteiger partial charge >= 0.3 is 0 Å². The van der Waals surface area contributed by atoms with Gasteiger partial charge in [0, 0.05) is 13.6 Å². The molecule has 0 atom stereocenters. The summed E-state index contributed by atoms with van der Waals surface area (Å²) < 4.78 is 23.4. The number of hydrogen-bond acceptors (Lipinski definition) is 2. The lowest BCUT2D eigenvalue weighted by molar-refractivity contribution is 0.469. The Labute approximate surface area is 63.1 Å². The van der Waals surface area contributed by atoms with E-state index in [0.717, 1.165) is 6.42 Å². The van der Waals surface area contributed by atoms with Gasteiger partial charge in [-0.25, -0.2) is 12.7 Å². The van der Waals surface area contributed by atoms with Crippen LogP contribution in [0.1, 0.15) is 20.3 Å². The maximum atomic E-state index is 11.0. The lowest BCUT2D eigenvalue weighted by Crippen LogP contribution is -2.28. The fourth-order valence-electron chi connectivity index (χ4n) is 0.674. The molecule has 0 saturated heterocycles. The largest absolute Gasteiger partial charge is 0.213 e. The van der Waals surface area contributed by atoms with Crippen LogP contribution >= 0.6 is 0 Å². The molecule has 0 aliphatic rings. The Hall–Kier alpha value is -0.0900. The molecule has 0 aromatic rings. The first-order valence-corrected chi connectivity index (χ1v) is 5.09. The van der Waals surface area contributed by atoms with Gasteiger partial charge in [-0.3, -0.25) is 0 Å². The van der Waals surface area contributed by atoms with Gasteiger partial charge in [0.25, 0.3) is 0 Å². The molecule has 0 rings (SSSR count). The van der Waals surface area contributed by atoms with Crippen molar-refractivity contribution in [3.8, 4) is 0 Å². The van der Waals surface area contributed by atoms with E-state index in [-0.39, 0.29) is 5.75 Å². The van der Waals surface area contributed by atoms with Crippen LogP contribution in [0.4, 0.5) is 0 Å². The number of hydrogen-bond donors (Lipinski definition) is 0. The van der Waals surface area contributed by atoms with Gasteiger partial charge in [0.05, 0.1) is 5.75 Å². The molecule has 0 unspecified atom stereocenters. The molecule has 0 radical (unpaired) electrons. The highest BCUT2D eigenvalue weighted by Gasteiger charge is 2.12. The molecule has 4 heteroatoms.